The highest BCUT2D eigenvalue weighted by Crippen LogP contribution is 2.19. The Bertz CT molecular complexity index is 1060. The SMILES string of the molecule is CC/C=C/C/C=C/C/C=C/CCCCCCC(=O)OC(CCCCCCCCCCCCCCCCCCC)CC(=O)NC(CO)C(O)CCCCCCCCCCCCCCCC. The summed E-state index contributed by atoms with van der Waals surface area (Å²) >= 11 is 0. The van der Waals surface area contributed by atoms with Gasteiger partial charge in [-0.15, -0.1) is 0 Å². The fraction of sp³-hybridized carbons (Fsp3) is 0.862. The normalized spacial score (nSPS) is 13.4. The van der Waals surface area contributed by atoms with Crippen molar-refractivity contribution in [2.24, 2.45) is 0 Å². The Kier molecular flexibility index (Phi) is 50.5. The summed E-state index contributed by atoms with van der Waals surface area (Å²) in [6.07, 6.45) is 62.1. The van der Waals surface area contributed by atoms with Crippen LogP contribution in [0.15, 0.2) is 36.5 Å². The minimum atomic E-state index is -0.789. The molecule has 0 fully saturated rings. The van der Waals surface area contributed by atoms with Gasteiger partial charge in [0.1, 0.15) is 6.10 Å². The molecule has 0 saturated heterocycles. The number of aliphatic hydroxyl groups is 2. The molecule has 1 amide bonds. The van der Waals surface area contributed by atoms with Gasteiger partial charge in [-0.25, -0.2) is 0 Å². The first-order valence-corrected chi connectivity index (χ1v) is 28.2. The van der Waals surface area contributed by atoms with Crippen LogP contribution >= 0.6 is 0 Å². The smallest absolute Gasteiger partial charge is 0.306 e. The fourth-order valence-corrected chi connectivity index (χ4v) is 8.74. The van der Waals surface area contributed by atoms with Crippen LogP contribution in [0.25, 0.3) is 0 Å². The average molecular weight is 901 g/mol. The number of esters is 1. The van der Waals surface area contributed by atoms with Gasteiger partial charge in [0.15, 0.2) is 0 Å². The summed E-state index contributed by atoms with van der Waals surface area (Å²) in [6, 6.07) is -0.703. The van der Waals surface area contributed by atoms with Crippen molar-refractivity contribution in [1.29, 1.82) is 0 Å². The van der Waals surface area contributed by atoms with Crippen molar-refractivity contribution in [3.63, 3.8) is 0 Å². The second kappa shape index (κ2) is 52.1. The highest BCUT2D eigenvalue weighted by atomic mass is 16.5. The third-order valence-electron chi connectivity index (χ3n) is 13.0. The number of rotatable bonds is 51. The molecule has 376 valence electrons. The van der Waals surface area contributed by atoms with Crippen LogP contribution in [0, 0.1) is 0 Å². The quantitative estimate of drug-likeness (QED) is 0.0321. The van der Waals surface area contributed by atoms with Gasteiger partial charge < -0.3 is 20.3 Å². The van der Waals surface area contributed by atoms with Gasteiger partial charge in [-0.05, 0) is 57.8 Å². The second-order valence-electron chi connectivity index (χ2n) is 19.3. The maximum absolute atomic E-state index is 13.3. The van der Waals surface area contributed by atoms with Crippen molar-refractivity contribution in [3.8, 4) is 0 Å². The number of hydrogen-bond donors (Lipinski definition) is 3. The summed E-state index contributed by atoms with van der Waals surface area (Å²) in [5.41, 5.74) is 0. The van der Waals surface area contributed by atoms with Gasteiger partial charge in [0.2, 0.25) is 5.91 Å². The topological polar surface area (TPSA) is 95.9 Å². The van der Waals surface area contributed by atoms with E-state index in [1.807, 2.05) is 0 Å². The molecule has 0 saturated carbocycles. The molecule has 0 aliphatic carbocycles. The Morgan fingerprint density at radius 1 is 0.469 bits per heavy atom. The molecule has 0 aliphatic rings. The van der Waals surface area contributed by atoms with Gasteiger partial charge in [0.25, 0.3) is 0 Å². The molecule has 6 heteroatoms. The van der Waals surface area contributed by atoms with E-state index in [4.69, 9.17) is 4.74 Å². The molecular formula is C58H109NO5. The Labute approximate surface area is 398 Å². The number of nitrogens with one attached hydrogen (secondary N) is 1. The van der Waals surface area contributed by atoms with Gasteiger partial charge in [0, 0.05) is 6.42 Å². The highest BCUT2D eigenvalue weighted by molar-refractivity contribution is 5.77. The summed E-state index contributed by atoms with van der Waals surface area (Å²) in [7, 11) is 0. The Morgan fingerprint density at radius 2 is 0.844 bits per heavy atom. The number of carbonyl (C=O) groups is 2. The lowest BCUT2D eigenvalue weighted by Crippen LogP contribution is -2.46. The van der Waals surface area contributed by atoms with Crippen LogP contribution in [-0.2, 0) is 14.3 Å². The van der Waals surface area contributed by atoms with E-state index in [2.05, 4.69) is 62.5 Å². The van der Waals surface area contributed by atoms with Crippen LogP contribution in [0.5, 0.6) is 0 Å². The van der Waals surface area contributed by atoms with Crippen LogP contribution in [0.3, 0.4) is 0 Å². The third-order valence-corrected chi connectivity index (χ3v) is 13.0. The minimum Gasteiger partial charge on any atom is -0.462 e. The molecule has 0 aromatic carbocycles. The Balaban J connectivity index is 4.56. The summed E-state index contributed by atoms with van der Waals surface area (Å²) in [5, 5.41) is 23.9. The van der Waals surface area contributed by atoms with E-state index in [-0.39, 0.29) is 24.9 Å². The summed E-state index contributed by atoms with van der Waals surface area (Å²) in [6.45, 7) is 6.40. The summed E-state index contributed by atoms with van der Waals surface area (Å²) < 4.78 is 5.95. The molecule has 0 aromatic rings. The zero-order valence-electron chi connectivity index (χ0n) is 42.9. The van der Waals surface area contributed by atoms with Crippen molar-refractivity contribution >= 4 is 11.9 Å². The lowest BCUT2D eigenvalue weighted by molar-refractivity contribution is -0.151. The van der Waals surface area contributed by atoms with E-state index in [9.17, 15) is 19.8 Å². The molecule has 0 bridgehead atoms. The number of amides is 1. The molecule has 0 aromatic heterocycles. The number of carbonyl (C=O) groups excluding carboxylic acids is 2. The van der Waals surface area contributed by atoms with Crippen LogP contribution < -0.4 is 5.32 Å². The standard InChI is InChI=1S/C58H109NO5/c1-4-7-10-13-16-19-22-25-28-29-30-31-34-37-40-43-46-49-54(64-58(63)51-48-45-42-39-36-33-27-24-21-18-15-12-9-6-3)52-57(62)59-55(53-60)56(61)50-47-44-41-38-35-32-26-23-20-17-14-11-8-5-2/h9,12,18,21,27,33,54-56,60-61H,4-8,10-11,13-17,19-20,22-26,28-32,34-53H2,1-3H3,(H,59,62)/b12-9+,21-18+,33-27+. The first-order chi connectivity index (χ1) is 31.5. The van der Waals surface area contributed by atoms with Gasteiger partial charge >= 0.3 is 5.97 Å². The van der Waals surface area contributed by atoms with Crippen molar-refractivity contribution in [2.75, 3.05) is 6.61 Å². The van der Waals surface area contributed by atoms with E-state index in [1.165, 1.54) is 173 Å². The first kappa shape index (κ1) is 62.1. The fourth-order valence-electron chi connectivity index (χ4n) is 8.74. The zero-order chi connectivity index (χ0) is 46.7. The predicted octanol–water partition coefficient (Wildman–Crippen LogP) is 17.2. The number of allylic oxidation sites excluding steroid dienone is 6. The molecule has 0 heterocycles. The number of unbranched alkanes of at least 4 members (excludes halogenated alkanes) is 33. The van der Waals surface area contributed by atoms with E-state index < -0.39 is 18.2 Å². The molecule has 64 heavy (non-hydrogen) atoms. The Hall–Kier alpha value is -1.92. The van der Waals surface area contributed by atoms with Crippen molar-refractivity contribution in [1.82, 2.24) is 5.32 Å². The van der Waals surface area contributed by atoms with E-state index in [0.717, 1.165) is 77.0 Å². The van der Waals surface area contributed by atoms with Gasteiger partial charge in [0.05, 0.1) is 25.2 Å². The maximum atomic E-state index is 13.3. The molecule has 0 rings (SSSR count). The molecule has 3 unspecified atom stereocenters. The van der Waals surface area contributed by atoms with Gasteiger partial charge in [-0.2, -0.15) is 0 Å². The van der Waals surface area contributed by atoms with Crippen molar-refractivity contribution in [3.05, 3.63) is 36.5 Å². The molecule has 0 aliphatic heterocycles. The third kappa shape index (κ3) is 46.6. The largest absolute Gasteiger partial charge is 0.462 e. The predicted molar refractivity (Wildman–Crippen MR) is 278 cm³/mol. The molecule has 6 nitrogen and oxygen atoms in total. The number of aliphatic hydroxyl groups excluding tert-OH is 2. The van der Waals surface area contributed by atoms with Crippen molar-refractivity contribution < 1.29 is 24.5 Å². The maximum Gasteiger partial charge on any atom is 0.306 e. The summed E-state index contributed by atoms with van der Waals surface area (Å²) in [4.78, 5) is 26.2. The van der Waals surface area contributed by atoms with Crippen LogP contribution in [0.4, 0.5) is 0 Å². The molecule has 3 atom stereocenters. The van der Waals surface area contributed by atoms with Gasteiger partial charge in [-0.1, -0.05) is 263 Å². The van der Waals surface area contributed by atoms with Crippen LogP contribution in [-0.4, -0.2) is 46.9 Å². The molecular weight excluding hydrogens is 791 g/mol. The lowest BCUT2D eigenvalue weighted by atomic mass is 10.0. The highest BCUT2D eigenvalue weighted by Gasteiger charge is 2.24. The van der Waals surface area contributed by atoms with E-state index >= 15 is 0 Å². The van der Waals surface area contributed by atoms with E-state index in [1.54, 1.807) is 0 Å². The van der Waals surface area contributed by atoms with Gasteiger partial charge in [-0.3, -0.25) is 9.59 Å². The van der Waals surface area contributed by atoms with Crippen molar-refractivity contribution in [2.45, 2.75) is 315 Å². The van der Waals surface area contributed by atoms with Crippen LogP contribution in [0.1, 0.15) is 297 Å². The Morgan fingerprint density at radius 3 is 1.28 bits per heavy atom. The van der Waals surface area contributed by atoms with E-state index in [0.29, 0.717) is 19.3 Å². The average Bonchev–Trinajstić information content (AvgIpc) is 3.29. The molecule has 0 spiro atoms. The number of ether oxygens (including phenoxy) is 1. The second-order valence-corrected chi connectivity index (χ2v) is 19.3. The monoisotopic (exact) mass is 900 g/mol. The minimum absolute atomic E-state index is 0.0731. The lowest BCUT2D eigenvalue weighted by Gasteiger charge is -2.24. The number of hydrogen-bond acceptors (Lipinski definition) is 5. The molecule has 3 N–H and O–H groups in total. The first-order valence-electron chi connectivity index (χ1n) is 28.2. The summed E-state index contributed by atoms with van der Waals surface area (Å²) in [5.74, 6) is -0.484. The van der Waals surface area contributed by atoms with Crippen LogP contribution in [0.2, 0.25) is 0 Å². The molecule has 0 radical (unpaired) electrons. The zero-order valence-corrected chi connectivity index (χ0v) is 42.9.